The monoisotopic (exact) mass is 405 g/mol. The summed E-state index contributed by atoms with van der Waals surface area (Å²) in [5.74, 6) is -3.72. The second-order valence-electron chi connectivity index (χ2n) is 6.47. The van der Waals surface area contributed by atoms with Crippen molar-refractivity contribution in [3.05, 3.63) is 12.8 Å². The van der Waals surface area contributed by atoms with Crippen molar-refractivity contribution in [1.29, 1.82) is 0 Å². The van der Waals surface area contributed by atoms with E-state index in [0.29, 0.717) is 17.7 Å². The Morgan fingerprint density at radius 1 is 0.929 bits per heavy atom. The van der Waals surface area contributed by atoms with E-state index < -0.39 is 36.2 Å². The summed E-state index contributed by atoms with van der Waals surface area (Å²) >= 11 is 0. The number of nitrogens with zero attached hydrogens (tertiary/aromatic N) is 1. The third-order valence-corrected chi connectivity index (χ3v) is 4.18. The molecule has 0 bridgehead atoms. The maximum atomic E-state index is 12.6. The maximum Gasteiger partial charge on any atom is 1.00 e. The number of esters is 1. The molecule has 0 aromatic heterocycles. The predicted octanol–water partition coefficient (Wildman–Crippen LogP) is -0.518. The molecule has 0 saturated carbocycles. The van der Waals surface area contributed by atoms with Crippen molar-refractivity contribution in [3.63, 3.8) is 0 Å². The van der Waals surface area contributed by atoms with Gasteiger partial charge in [-0.15, -0.1) is 0 Å². The number of carboxylic acids is 1. The van der Waals surface area contributed by atoms with Crippen LogP contribution in [-0.4, -0.2) is 34.7 Å². The summed E-state index contributed by atoms with van der Waals surface area (Å²) in [7, 11) is 0. The van der Waals surface area contributed by atoms with Crippen LogP contribution in [0.15, 0.2) is 12.8 Å². The van der Waals surface area contributed by atoms with E-state index in [1.165, 1.54) is 0 Å². The number of aliphatic carboxylic acids is 1. The number of imide groups is 1. The fraction of sp³-hybridized carbons (Fsp3) is 0.700. The van der Waals surface area contributed by atoms with Crippen molar-refractivity contribution >= 4 is 23.8 Å². The molecular formula is C20H32NNaO6. The summed E-state index contributed by atoms with van der Waals surface area (Å²) in [5, 5.41) is 11.6. The minimum Gasteiger partial charge on any atom is -0.548 e. The number of carbonyl (C=O) groups is 4. The molecule has 1 atom stereocenters. The van der Waals surface area contributed by atoms with Crippen molar-refractivity contribution < 1.29 is 58.6 Å². The third kappa shape index (κ3) is 12.3. The van der Waals surface area contributed by atoms with E-state index in [9.17, 15) is 24.3 Å². The Kier molecular flexibility index (Phi) is 18.5. The average Bonchev–Trinajstić information content (AvgIpc) is 2.62. The van der Waals surface area contributed by atoms with Gasteiger partial charge >= 0.3 is 35.5 Å². The zero-order chi connectivity index (χ0) is 20.7. The van der Waals surface area contributed by atoms with Gasteiger partial charge in [-0.05, 0) is 12.8 Å². The molecule has 0 spiro atoms. The van der Waals surface area contributed by atoms with Gasteiger partial charge in [0.25, 0.3) is 0 Å². The number of amides is 2. The molecule has 154 valence electrons. The molecule has 8 heteroatoms. The summed E-state index contributed by atoms with van der Waals surface area (Å²) in [6, 6.07) is -1.67. The van der Waals surface area contributed by atoms with E-state index in [-0.39, 0.29) is 42.4 Å². The summed E-state index contributed by atoms with van der Waals surface area (Å²) in [5.41, 5.74) is 0. The van der Waals surface area contributed by atoms with Crippen molar-refractivity contribution in [2.45, 2.75) is 90.5 Å². The van der Waals surface area contributed by atoms with Gasteiger partial charge < -0.3 is 14.6 Å². The number of ether oxygens (including phenoxy) is 1. The Morgan fingerprint density at radius 3 is 1.75 bits per heavy atom. The van der Waals surface area contributed by atoms with Crippen molar-refractivity contribution in [3.8, 4) is 0 Å². The fourth-order valence-electron chi connectivity index (χ4n) is 2.71. The third-order valence-electron chi connectivity index (χ3n) is 4.18. The average molecular weight is 405 g/mol. The first-order valence-corrected chi connectivity index (χ1v) is 9.75. The van der Waals surface area contributed by atoms with E-state index in [1.807, 2.05) is 13.8 Å². The number of carboxylic acid groups (broad SMARTS) is 1. The van der Waals surface area contributed by atoms with Crippen LogP contribution in [0, 0.1) is 0 Å². The van der Waals surface area contributed by atoms with Crippen LogP contribution in [0.4, 0.5) is 0 Å². The maximum absolute atomic E-state index is 12.6. The molecule has 0 radical (unpaired) electrons. The molecule has 28 heavy (non-hydrogen) atoms. The second kappa shape index (κ2) is 17.9. The van der Waals surface area contributed by atoms with E-state index in [1.54, 1.807) is 0 Å². The van der Waals surface area contributed by atoms with Crippen LogP contribution in [0.25, 0.3) is 0 Å². The predicted molar refractivity (Wildman–Crippen MR) is 99.1 cm³/mol. The van der Waals surface area contributed by atoms with Gasteiger partial charge in [0.2, 0.25) is 11.8 Å². The first-order valence-electron chi connectivity index (χ1n) is 9.75. The van der Waals surface area contributed by atoms with Crippen molar-refractivity contribution in [2.75, 3.05) is 0 Å². The Hall–Kier alpha value is -1.18. The van der Waals surface area contributed by atoms with E-state index in [2.05, 4.69) is 11.3 Å². The number of rotatable bonds is 15. The minimum atomic E-state index is -1.67. The summed E-state index contributed by atoms with van der Waals surface area (Å²) in [4.78, 5) is 49.0. The Morgan fingerprint density at radius 2 is 1.39 bits per heavy atom. The van der Waals surface area contributed by atoms with Crippen molar-refractivity contribution in [2.24, 2.45) is 0 Å². The van der Waals surface area contributed by atoms with E-state index >= 15 is 0 Å². The summed E-state index contributed by atoms with van der Waals surface area (Å²) < 4.78 is 4.54. The molecule has 0 aliphatic rings. The molecule has 0 aromatic carbocycles. The topological polar surface area (TPSA) is 104 Å². The van der Waals surface area contributed by atoms with Crippen LogP contribution in [0.5, 0.6) is 0 Å². The van der Waals surface area contributed by atoms with Gasteiger partial charge in [0.15, 0.2) is 0 Å². The van der Waals surface area contributed by atoms with Crippen LogP contribution in [0.3, 0.4) is 0 Å². The number of hydrogen-bond donors (Lipinski definition) is 0. The molecule has 0 aliphatic carbocycles. The second-order valence-corrected chi connectivity index (χ2v) is 6.47. The quantitative estimate of drug-likeness (QED) is 0.157. The largest absolute Gasteiger partial charge is 1.00 e. The van der Waals surface area contributed by atoms with Gasteiger partial charge in [0.05, 0.1) is 24.7 Å². The number of hydrogen-bond acceptors (Lipinski definition) is 6. The molecule has 1 unspecified atom stereocenters. The van der Waals surface area contributed by atoms with Crippen LogP contribution < -0.4 is 34.7 Å². The number of carbonyl (C=O) groups excluding carboxylic acids is 4. The minimum absolute atomic E-state index is 0. The molecule has 0 aromatic rings. The molecule has 2 amide bonds. The molecule has 0 aliphatic heterocycles. The van der Waals surface area contributed by atoms with Gasteiger partial charge in [0, 0.05) is 12.8 Å². The van der Waals surface area contributed by atoms with Gasteiger partial charge in [-0.1, -0.05) is 59.0 Å². The number of unbranched alkanes of at least 4 members (excludes halogenated alkanes) is 6. The Balaban J connectivity index is 0. The van der Waals surface area contributed by atoms with Gasteiger partial charge in [-0.25, -0.2) is 0 Å². The van der Waals surface area contributed by atoms with Gasteiger partial charge in [-0.3, -0.25) is 19.3 Å². The molecule has 0 heterocycles. The van der Waals surface area contributed by atoms with Crippen LogP contribution in [-0.2, 0) is 23.9 Å². The SMILES string of the molecule is C=COC(=O)CC(C(=O)[O-])N(C(=O)CCCCCC)C(=O)CCCCCC.[Na+]. The van der Waals surface area contributed by atoms with Gasteiger partial charge in [0.1, 0.15) is 0 Å². The van der Waals surface area contributed by atoms with Crippen molar-refractivity contribution in [1.82, 2.24) is 4.90 Å². The summed E-state index contributed by atoms with van der Waals surface area (Å²) in [6.07, 6.45) is 6.96. The smallest absolute Gasteiger partial charge is 0.548 e. The normalized spacial score (nSPS) is 11.1. The van der Waals surface area contributed by atoms with E-state index in [4.69, 9.17) is 0 Å². The van der Waals surface area contributed by atoms with Crippen LogP contribution >= 0.6 is 0 Å². The van der Waals surface area contributed by atoms with Gasteiger partial charge in [-0.2, -0.15) is 0 Å². The van der Waals surface area contributed by atoms with E-state index in [0.717, 1.165) is 44.8 Å². The van der Waals surface area contributed by atoms with Crippen LogP contribution in [0.1, 0.15) is 84.5 Å². The standard InChI is InChI=1S/C20H33NO6.Na/c1-4-7-9-11-13-17(22)21(18(23)14-12-10-8-5-2)16(20(25)26)15-19(24)27-6-3;/h6,16H,3-5,7-15H2,1-2H3,(H,25,26);/q;+1/p-1. The first kappa shape index (κ1) is 29.0. The first-order chi connectivity index (χ1) is 12.9. The zero-order valence-electron chi connectivity index (χ0n) is 17.5. The Labute approximate surface area is 190 Å². The van der Waals surface area contributed by atoms with Crippen LogP contribution in [0.2, 0.25) is 0 Å². The Bertz CT molecular complexity index is 485. The molecular weight excluding hydrogens is 373 g/mol. The molecule has 0 N–H and O–H groups in total. The molecule has 0 rings (SSSR count). The summed E-state index contributed by atoms with van der Waals surface area (Å²) in [6.45, 7) is 7.30. The molecule has 0 saturated heterocycles. The molecule has 0 fully saturated rings. The molecule has 7 nitrogen and oxygen atoms in total. The fourth-order valence-corrected chi connectivity index (χ4v) is 2.71. The zero-order valence-corrected chi connectivity index (χ0v) is 19.5.